The highest BCUT2D eigenvalue weighted by Gasteiger charge is 2.24. The average molecular weight is 498 g/mol. The molecule has 7 heteroatoms. The van der Waals surface area contributed by atoms with Gasteiger partial charge >= 0.3 is 0 Å². The average Bonchev–Trinajstić information content (AvgIpc) is 2.68. The third-order valence-corrected chi connectivity index (χ3v) is 5.55. The number of carbonyl (C=O) groups is 2. The summed E-state index contributed by atoms with van der Waals surface area (Å²) in [6, 6.07) is 12.9. The standard InChI is InChI=1S/C20H21ClIN3O2/c1-2-18(26)24-9-11-25(12-10-24)19-16(21)7-4-8-17(19)23-20(27)14-5-3-6-15(22)13-14/h3-8,13H,2,9-12H2,1H3,(H,23,27). The summed E-state index contributed by atoms with van der Waals surface area (Å²) in [4.78, 5) is 28.6. The van der Waals surface area contributed by atoms with E-state index in [-0.39, 0.29) is 11.8 Å². The van der Waals surface area contributed by atoms with Crippen LogP contribution >= 0.6 is 34.2 Å². The summed E-state index contributed by atoms with van der Waals surface area (Å²) in [5.41, 5.74) is 2.09. The predicted molar refractivity (Wildman–Crippen MR) is 118 cm³/mol. The lowest BCUT2D eigenvalue weighted by atomic mass is 10.1. The van der Waals surface area contributed by atoms with Gasteiger partial charge in [0.25, 0.3) is 5.91 Å². The van der Waals surface area contributed by atoms with Crippen molar-refractivity contribution in [3.8, 4) is 0 Å². The van der Waals surface area contributed by atoms with Gasteiger partial charge in [0.1, 0.15) is 0 Å². The zero-order valence-corrected chi connectivity index (χ0v) is 18.0. The van der Waals surface area contributed by atoms with Gasteiger partial charge in [-0.2, -0.15) is 0 Å². The van der Waals surface area contributed by atoms with E-state index in [2.05, 4.69) is 32.8 Å². The van der Waals surface area contributed by atoms with Gasteiger partial charge in [0.2, 0.25) is 5.91 Å². The minimum atomic E-state index is -0.170. The summed E-state index contributed by atoms with van der Waals surface area (Å²) < 4.78 is 1.00. The van der Waals surface area contributed by atoms with Gasteiger partial charge in [-0.15, -0.1) is 0 Å². The van der Waals surface area contributed by atoms with Crippen molar-refractivity contribution in [2.75, 3.05) is 36.4 Å². The van der Waals surface area contributed by atoms with Crippen LogP contribution in [0.15, 0.2) is 42.5 Å². The van der Waals surface area contributed by atoms with Gasteiger partial charge < -0.3 is 15.1 Å². The fraction of sp³-hybridized carbons (Fsp3) is 0.300. The van der Waals surface area contributed by atoms with Crippen LogP contribution in [0, 0.1) is 3.57 Å². The van der Waals surface area contributed by atoms with Crippen molar-refractivity contribution in [1.29, 1.82) is 0 Å². The number of rotatable bonds is 4. The summed E-state index contributed by atoms with van der Waals surface area (Å²) >= 11 is 8.65. The van der Waals surface area contributed by atoms with E-state index in [1.165, 1.54) is 0 Å². The van der Waals surface area contributed by atoms with E-state index in [0.717, 1.165) is 9.26 Å². The van der Waals surface area contributed by atoms with Crippen LogP contribution in [0.4, 0.5) is 11.4 Å². The highest BCUT2D eigenvalue weighted by atomic mass is 127. The molecule has 1 aliphatic heterocycles. The molecule has 0 aliphatic carbocycles. The minimum Gasteiger partial charge on any atom is -0.365 e. The SMILES string of the molecule is CCC(=O)N1CCN(c2c(Cl)cccc2NC(=O)c2cccc(I)c2)CC1. The van der Waals surface area contributed by atoms with E-state index in [4.69, 9.17) is 11.6 Å². The first-order chi connectivity index (χ1) is 13.0. The van der Waals surface area contributed by atoms with E-state index in [9.17, 15) is 9.59 Å². The molecule has 2 aromatic rings. The largest absolute Gasteiger partial charge is 0.365 e. The van der Waals surface area contributed by atoms with Crippen molar-refractivity contribution < 1.29 is 9.59 Å². The van der Waals surface area contributed by atoms with Gasteiger partial charge in [0, 0.05) is 41.7 Å². The van der Waals surface area contributed by atoms with Crippen LogP contribution in [0.5, 0.6) is 0 Å². The van der Waals surface area contributed by atoms with Crippen LogP contribution in [-0.4, -0.2) is 42.9 Å². The summed E-state index contributed by atoms with van der Waals surface area (Å²) in [6.45, 7) is 4.55. The van der Waals surface area contributed by atoms with Crippen molar-refractivity contribution in [2.45, 2.75) is 13.3 Å². The molecule has 27 heavy (non-hydrogen) atoms. The lowest BCUT2D eigenvalue weighted by Gasteiger charge is -2.37. The quantitative estimate of drug-likeness (QED) is 0.643. The molecule has 0 spiro atoms. The Balaban J connectivity index is 1.79. The molecule has 0 bridgehead atoms. The molecule has 5 nitrogen and oxygen atoms in total. The van der Waals surface area contributed by atoms with Crippen LogP contribution < -0.4 is 10.2 Å². The maximum Gasteiger partial charge on any atom is 0.255 e. The predicted octanol–water partition coefficient (Wildman–Crippen LogP) is 4.26. The molecule has 3 rings (SSSR count). The lowest BCUT2D eigenvalue weighted by molar-refractivity contribution is -0.131. The molecule has 2 aromatic carbocycles. The first kappa shape index (κ1) is 19.9. The number of hydrogen-bond acceptors (Lipinski definition) is 3. The fourth-order valence-electron chi connectivity index (χ4n) is 3.16. The highest BCUT2D eigenvalue weighted by molar-refractivity contribution is 14.1. The second-order valence-electron chi connectivity index (χ2n) is 6.32. The zero-order chi connectivity index (χ0) is 19.4. The molecule has 142 valence electrons. The fourth-order valence-corrected chi connectivity index (χ4v) is 4.00. The van der Waals surface area contributed by atoms with E-state index in [0.29, 0.717) is 48.9 Å². The molecule has 0 aromatic heterocycles. The Hall–Kier alpha value is -1.80. The summed E-state index contributed by atoms with van der Waals surface area (Å²) in [5.74, 6) is -0.00200. The Morgan fingerprint density at radius 3 is 2.48 bits per heavy atom. The van der Waals surface area contributed by atoms with Gasteiger partial charge in [-0.1, -0.05) is 30.7 Å². The highest BCUT2D eigenvalue weighted by Crippen LogP contribution is 2.35. The molecule has 0 saturated carbocycles. The Bertz CT molecular complexity index is 851. The van der Waals surface area contributed by atoms with Crippen LogP contribution in [-0.2, 0) is 4.79 Å². The van der Waals surface area contributed by atoms with Crippen LogP contribution in [0.1, 0.15) is 23.7 Å². The molecule has 1 N–H and O–H groups in total. The minimum absolute atomic E-state index is 0.168. The van der Waals surface area contributed by atoms with Gasteiger partial charge in [-0.3, -0.25) is 9.59 Å². The smallest absolute Gasteiger partial charge is 0.255 e. The van der Waals surface area contributed by atoms with Crippen molar-refractivity contribution in [1.82, 2.24) is 4.90 Å². The number of halogens is 2. The zero-order valence-electron chi connectivity index (χ0n) is 15.0. The molecule has 1 fully saturated rings. The van der Waals surface area contributed by atoms with Gasteiger partial charge in [-0.25, -0.2) is 0 Å². The Morgan fingerprint density at radius 2 is 1.81 bits per heavy atom. The third-order valence-electron chi connectivity index (χ3n) is 4.57. The maximum atomic E-state index is 12.7. The molecule has 1 saturated heterocycles. The number of amides is 2. The van der Waals surface area contributed by atoms with Crippen molar-refractivity contribution >= 4 is 57.4 Å². The van der Waals surface area contributed by atoms with Crippen LogP contribution in [0.3, 0.4) is 0 Å². The van der Waals surface area contributed by atoms with Crippen molar-refractivity contribution in [2.24, 2.45) is 0 Å². The number of carbonyl (C=O) groups excluding carboxylic acids is 2. The molecular formula is C20H21ClIN3O2. The molecule has 0 radical (unpaired) electrons. The first-order valence-electron chi connectivity index (χ1n) is 8.87. The maximum absolute atomic E-state index is 12.7. The number of piperazine rings is 1. The van der Waals surface area contributed by atoms with E-state index >= 15 is 0 Å². The Labute approximate surface area is 177 Å². The number of nitrogens with zero attached hydrogens (tertiary/aromatic N) is 2. The summed E-state index contributed by atoms with van der Waals surface area (Å²) in [5, 5.41) is 3.58. The third kappa shape index (κ3) is 4.73. The lowest BCUT2D eigenvalue weighted by Crippen LogP contribution is -2.48. The first-order valence-corrected chi connectivity index (χ1v) is 10.3. The van der Waals surface area contributed by atoms with E-state index < -0.39 is 0 Å². The van der Waals surface area contributed by atoms with Crippen molar-refractivity contribution in [3.63, 3.8) is 0 Å². The monoisotopic (exact) mass is 497 g/mol. The molecule has 1 aliphatic rings. The van der Waals surface area contributed by atoms with Crippen LogP contribution in [0.25, 0.3) is 0 Å². The number of nitrogens with one attached hydrogen (secondary N) is 1. The molecule has 2 amide bonds. The van der Waals surface area contributed by atoms with E-state index in [1.54, 1.807) is 6.07 Å². The molecule has 1 heterocycles. The van der Waals surface area contributed by atoms with E-state index in [1.807, 2.05) is 48.2 Å². The Kier molecular flexibility index (Phi) is 6.59. The van der Waals surface area contributed by atoms with Gasteiger partial charge in [0.15, 0.2) is 0 Å². The van der Waals surface area contributed by atoms with Crippen molar-refractivity contribution in [3.05, 3.63) is 56.6 Å². The normalized spacial score (nSPS) is 14.2. The number of para-hydroxylation sites is 1. The van der Waals surface area contributed by atoms with Gasteiger partial charge in [-0.05, 0) is 52.9 Å². The topological polar surface area (TPSA) is 52.7 Å². The summed E-state index contributed by atoms with van der Waals surface area (Å²) in [7, 11) is 0. The van der Waals surface area contributed by atoms with Gasteiger partial charge in [0.05, 0.1) is 16.4 Å². The number of hydrogen-bond donors (Lipinski definition) is 1. The molecule has 0 atom stereocenters. The van der Waals surface area contributed by atoms with Crippen LogP contribution in [0.2, 0.25) is 5.02 Å². The number of benzene rings is 2. The second-order valence-corrected chi connectivity index (χ2v) is 7.97. The summed E-state index contributed by atoms with van der Waals surface area (Å²) in [6.07, 6.45) is 0.517. The number of anilines is 2. The molecular weight excluding hydrogens is 477 g/mol. The molecule has 0 unspecified atom stereocenters. The second kappa shape index (κ2) is 8.93. The Morgan fingerprint density at radius 1 is 1.11 bits per heavy atom.